The minimum absolute atomic E-state index is 0.0918. The second-order valence-electron chi connectivity index (χ2n) is 5.25. The van der Waals surface area contributed by atoms with Gasteiger partial charge in [0.05, 0.1) is 6.26 Å². The number of carbonyl (C=O) groups is 1. The normalized spacial score (nSPS) is 11.0. The van der Waals surface area contributed by atoms with Crippen LogP contribution in [0.2, 0.25) is 0 Å². The van der Waals surface area contributed by atoms with Gasteiger partial charge in [0.25, 0.3) is 0 Å². The Kier molecular flexibility index (Phi) is 6.34. The van der Waals surface area contributed by atoms with Crippen LogP contribution in [-0.4, -0.2) is 27.1 Å². The van der Waals surface area contributed by atoms with E-state index in [1.54, 1.807) is 0 Å². The van der Waals surface area contributed by atoms with Gasteiger partial charge in [0.2, 0.25) is 15.9 Å². The molecule has 0 aliphatic heterocycles. The van der Waals surface area contributed by atoms with Gasteiger partial charge in [-0.1, -0.05) is 30.3 Å². The zero-order chi connectivity index (χ0) is 17.4. The Bertz CT molecular complexity index is 759. The predicted octanol–water partition coefficient (Wildman–Crippen LogP) is 2.03. The van der Waals surface area contributed by atoms with Gasteiger partial charge in [-0.2, -0.15) is 0 Å². The molecule has 0 heterocycles. The van der Waals surface area contributed by atoms with Gasteiger partial charge in [-0.25, -0.2) is 13.1 Å². The molecule has 0 spiro atoms. The third-order valence-corrected chi connectivity index (χ3v) is 3.84. The van der Waals surface area contributed by atoms with Crippen molar-refractivity contribution in [2.45, 2.75) is 13.0 Å². The monoisotopic (exact) mass is 348 g/mol. The van der Waals surface area contributed by atoms with Crippen molar-refractivity contribution < 1.29 is 17.9 Å². The molecule has 0 aliphatic carbocycles. The molecule has 0 saturated carbocycles. The lowest BCUT2D eigenvalue weighted by atomic mass is 10.2. The van der Waals surface area contributed by atoms with Gasteiger partial charge < -0.3 is 10.1 Å². The summed E-state index contributed by atoms with van der Waals surface area (Å²) in [7, 11) is -3.26. The molecule has 24 heavy (non-hydrogen) atoms. The van der Waals surface area contributed by atoms with E-state index in [-0.39, 0.29) is 18.9 Å². The highest BCUT2D eigenvalue weighted by atomic mass is 32.2. The maximum atomic E-state index is 11.6. The lowest BCUT2D eigenvalue weighted by Gasteiger charge is -2.08. The van der Waals surface area contributed by atoms with E-state index in [0.29, 0.717) is 12.3 Å². The standard InChI is InChI=1S/C17H20N2O4S/c1-24(21,22)19-12-11-17(20)18-13-14-7-9-16(10-8-14)23-15-5-3-2-4-6-15/h2-10,19H,11-13H2,1H3,(H,18,20). The van der Waals surface area contributed by atoms with Gasteiger partial charge in [0, 0.05) is 19.5 Å². The van der Waals surface area contributed by atoms with Crippen molar-refractivity contribution >= 4 is 15.9 Å². The van der Waals surface area contributed by atoms with Crippen molar-refractivity contribution in [1.82, 2.24) is 10.0 Å². The molecule has 0 saturated heterocycles. The highest BCUT2D eigenvalue weighted by Gasteiger charge is 2.05. The number of nitrogens with one attached hydrogen (secondary N) is 2. The molecule has 128 valence electrons. The van der Waals surface area contributed by atoms with Gasteiger partial charge in [-0.15, -0.1) is 0 Å². The first-order chi connectivity index (χ1) is 11.4. The van der Waals surface area contributed by atoms with Crippen molar-refractivity contribution in [3.05, 3.63) is 60.2 Å². The van der Waals surface area contributed by atoms with E-state index in [2.05, 4.69) is 10.0 Å². The predicted molar refractivity (Wildman–Crippen MR) is 92.3 cm³/mol. The number of sulfonamides is 1. The van der Waals surface area contributed by atoms with Crippen molar-refractivity contribution in [1.29, 1.82) is 0 Å². The molecule has 0 fully saturated rings. The largest absolute Gasteiger partial charge is 0.457 e. The Morgan fingerprint density at radius 2 is 1.62 bits per heavy atom. The number of para-hydroxylation sites is 1. The van der Waals surface area contributed by atoms with E-state index in [4.69, 9.17) is 4.74 Å². The second kappa shape index (κ2) is 8.47. The van der Waals surface area contributed by atoms with E-state index in [1.165, 1.54) is 0 Å². The molecule has 2 N–H and O–H groups in total. The van der Waals surface area contributed by atoms with Crippen LogP contribution in [0, 0.1) is 0 Å². The van der Waals surface area contributed by atoms with Gasteiger partial charge in [-0.05, 0) is 29.8 Å². The maximum absolute atomic E-state index is 11.6. The van der Waals surface area contributed by atoms with Crippen LogP contribution in [0.4, 0.5) is 0 Å². The first kappa shape index (κ1) is 18.0. The third kappa shape index (κ3) is 6.80. The summed E-state index contributed by atoms with van der Waals surface area (Å²) >= 11 is 0. The summed E-state index contributed by atoms with van der Waals surface area (Å²) in [4.78, 5) is 11.6. The van der Waals surface area contributed by atoms with Crippen LogP contribution in [0.25, 0.3) is 0 Å². The molecule has 2 aromatic carbocycles. The summed E-state index contributed by atoms with van der Waals surface area (Å²) in [6.07, 6.45) is 1.16. The quantitative estimate of drug-likeness (QED) is 0.764. The van der Waals surface area contributed by atoms with E-state index >= 15 is 0 Å². The molecular weight excluding hydrogens is 328 g/mol. The molecular formula is C17H20N2O4S. The van der Waals surface area contributed by atoms with Crippen LogP contribution in [0.3, 0.4) is 0 Å². The Morgan fingerprint density at radius 1 is 1.00 bits per heavy atom. The fourth-order valence-corrected chi connectivity index (χ4v) is 2.41. The molecule has 6 nitrogen and oxygen atoms in total. The van der Waals surface area contributed by atoms with Gasteiger partial charge in [0.15, 0.2) is 0 Å². The topological polar surface area (TPSA) is 84.5 Å². The summed E-state index contributed by atoms with van der Waals surface area (Å²) in [6.45, 7) is 0.470. The van der Waals surface area contributed by atoms with Crippen LogP contribution >= 0.6 is 0 Å². The fraction of sp³-hybridized carbons (Fsp3) is 0.235. The van der Waals surface area contributed by atoms with E-state index in [1.807, 2.05) is 54.6 Å². The highest BCUT2D eigenvalue weighted by molar-refractivity contribution is 7.88. The van der Waals surface area contributed by atoms with Crippen LogP contribution in [0.5, 0.6) is 11.5 Å². The minimum Gasteiger partial charge on any atom is -0.457 e. The molecule has 2 rings (SSSR count). The molecule has 0 aliphatic rings. The maximum Gasteiger partial charge on any atom is 0.221 e. The summed E-state index contributed by atoms with van der Waals surface area (Å²) in [6, 6.07) is 16.9. The zero-order valence-corrected chi connectivity index (χ0v) is 14.2. The van der Waals surface area contributed by atoms with Crippen molar-refractivity contribution in [3.63, 3.8) is 0 Å². The summed E-state index contributed by atoms with van der Waals surface area (Å²) in [5, 5.41) is 2.74. The smallest absolute Gasteiger partial charge is 0.221 e. The molecule has 0 bridgehead atoms. The molecule has 1 amide bonds. The second-order valence-corrected chi connectivity index (χ2v) is 7.09. The van der Waals surface area contributed by atoms with E-state index in [0.717, 1.165) is 17.6 Å². The SMILES string of the molecule is CS(=O)(=O)NCCC(=O)NCc1ccc(Oc2ccccc2)cc1. The number of carbonyl (C=O) groups excluding carboxylic acids is 1. The Labute approximate surface area is 141 Å². The van der Waals surface area contributed by atoms with Crippen molar-refractivity contribution in [3.8, 4) is 11.5 Å². The molecule has 0 unspecified atom stereocenters. The average Bonchev–Trinajstić information content (AvgIpc) is 2.54. The number of hydrogen-bond donors (Lipinski definition) is 2. The average molecular weight is 348 g/mol. The molecule has 0 radical (unpaired) electrons. The fourth-order valence-electron chi connectivity index (χ4n) is 1.94. The van der Waals surface area contributed by atoms with Crippen LogP contribution in [-0.2, 0) is 21.4 Å². The molecule has 2 aromatic rings. The first-order valence-electron chi connectivity index (χ1n) is 7.45. The zero-order valence-electron chi connectivity index (χ0n) is 13.4. The van der Waals surface area contributed by atoms with Gasteiger partial charge >= 0.3 is 0 Å². The summed E-state index contributed by atoms with van der Waals surface area (Å²) < 4.78 is 29.8. The molecule has 0 atom stereocenters. The van der Waals surface area contributed by atoms with Crippen LogP contribution in [0.15, 0.2) is 54.6 Å². The Morgan fingerprint density at radius 3 is 2.25 bits per heavy atom. The van der Waals surface area contributed by atoms with Crippen molar-refractivity contribution in [2.24, 2.45) is 0 Å². The lowest BCUT2D eigenvalue weighted by molar-refractivity contribution is -0.121. The molecule has 0 aromatic heterocycles. The number of amides is 1. The lowest BCUT2D eigenvalue weighted by Crippen LogP contribution is -2.29. The number of benzene rings is 2. The van der Waals surface area contributed by atoms with E-state index in [9.17, 15) is 13.2 Å². The number of hydrogen-bond acceptors (Lipinski definition) is 4. The van der Waals surface area contributed by atoms with Crippen LogP contribution < -0.4 is 14.8 Å². The Balaban J connectivity index is 1.76. The Hall–Kier alpha value is -2.38. The highest BCUT2D eigenvalue weighted by Crippen LogP contribution is 2.20. The van der Waals surface area contributed by atoms with E-state index < -0.39 is 10.0 Å². The van der Waals surface area contributed by atoms with Crippen molar-refractivity contribution in [2.75, 3.05) is 12.8 Å². The van der Waals surface area contributed by atoms with Gasteiger partial charge in [0.1, 0.15) is 11.5 Å². The summed E-state index contributed by atoms with van der Waals surface area (Å²) in [5.41, 5.74) is 0.930. The van der Waals surface area contributed by atoms with Crippen LogP contribution in [0.1, 0.15) is 12.0 Å². The summed E-state index contributed by atoms with van der Waals surface area (Å²) in [5.74, 6) is 1.27. The van der Waals surface area contributed by atoms with Gasteiger partial charge in [-0.3, -0.25) is 4.79 Å². The molecule has 7 heteroatoms. The number of ether oxygens (including phenoxy) is 1. The minimum atomic E-state index is -3.26. The first-order valence-corrected chi connectivity index (χ1v) is 9.35. The number of rotatable bonds is 8. The third-order valence-electron chi connectivity index (χ3n) is 3.11.